The van der Waals surface area contributed by atoms with Gasteiger partial charge in [-0.25, -0.2) is 4.98 Å². The van der Waals surface area contributed by atoms with Gasteiger partial charge in [0.15, 0.2) is 5.16 Å². The van der Waals surface area contributed by atoms with Crippen molar-refractivity contribution < 1.29 is 0 Å². The number of rotatable bonds is 3. The Morgan fingerprint density at radius 2 is 2.16 bits per heavy atom. The molecule has 1 aromatic heterocycles. The van der Waals surface area contributed by atoms with Gasteiger partial charge in [-0.05, 0) is 24.6 Å². The highest BCUT2D eigenvalue weighted by atomic mass is 35.5. The molecule has 1 aromatic carbocycles. The number of aromatic nitrogens is 2. The average Bonchev–Trinajstić information content (AvgIpc) is 2.26. The smallest absolute Gasteiger partial charge is 0.253 e. The molecule has 0 aliphatic heterocycles. The maximum atomic E-state index is 11.3. The fraction of sp³-hybridized carbons (Fsp3) is 0.167. The summed E-state index contributed by atoms with van der Waals surface area (Å²) in [5, 5.41) is 1.01. The van der Waals surface area contributed by atoms with Gasteiger partial charge in [-0.1, -0.05) is 29.4 Å². The van der Waals surface area contributed by atoms with E-state index in [1.54, 1.807) is 6.07 Å². The van der Waals surface area contributed by atoms with Gasteiger partial charge in [0.05, 0.1) is 0 Å². The minimum Gasteiger partial charge on any atom is -0.383 e. The summed E-state index contributed by atoms with van der Waals surface area (Å²) in [5.41, 5.74) is 11.9. The molecule has 0 amide bonds. The molecule has 7 heteroatoms. The van der Waals surface area contributed by atoms with Crippen molar-refractivity contribution in [2.24, 2.45) is 5.73 Å². The molecule has 0 saturated heterocycles. The fourth-order valence-corrected chi connectivity index (χ4v) is 2.81. The largest absolute Gasteiger partial charge is 0.383 e. The summed E-state index contributed by atoms with van der Waals surface area (Å²) >= 11 is 7.42. The van der Waals surface area contributed by atoms with Gasteiger partial charge in [0.25, 0.3) is 5.56 Å². The predicted octanol–water partition coefficient (Wildman–Crippen LogP) is 2.18. The molecule has 1 unspecified atom stereocenters. The maximum absolute atomic E-state index is 11.3. The molecule has 1 heterocycles. The van der Waals surface area contributed by atoms with Crippen molar-refractivity contribution in [3.63, 3.8) is 0 Å². The van der Waals surface area contributed by atoms with E-state index >= 15 is 0 Å². The molecule has 0 bridgehead atoms. The summed E-state index contributed by atoms with van der Waals surface area (Å²) in [6, 6.07) is 6.62. The number of halogens is 1. The van der Waals surface area contributed by atoms with Crippen LogP contribution in [0, 0.1) is 0 Å². The summed E-state index contributed by atoms with van der Waals surface area (Å²) in [6.07, 6.45) is 0. The monoisotopic (exact) mass is 296 g/mol. The second-order valence-electron chi connectivity index (χ2n) is 4.05. The van der Waals surface area contributed by atoms with Crippen LogP contribution in [0.25, 0.3) is 0 Å². The predicted molar refractivity (Wildman–Crippen MR) is 77.4 cm³/mol. The van der Waals surface area contributed by atoms with Crippen LogP contribution in [0.2, 0.25) is 5.02 Å². The molecule has 100 valence electrons. The summed E-state index contributed by atoms with van der Waals surface area (Å²) in [5.74, 6) is 0.185. The quantitative estimate of drug-likeness (QED) is 0.754. The number of anilines is 1. The Kier molecular flexibility index (Phi) is 4.14. The summed E-state index contributed by atoms with van der Waals surface area (Å²) in [6.45, 7) is 1.87. The van der Waals surface area contributed by atoms with Crippen LogP contribution in [0.1, 0.15) is 18.5 Å². The van der Waals surface area contributed by atoms with Gasteiger partial charge in [0.2, 0.25) is 0 Å². The molecule has 0 radical (unpaired) electrons. The zero-order chi connectivity index (χ0) is 14.0. The Morgan fingerprint density at radius 1 is 1.42 bits per heavy atom. The Balaban J connectivity index is 2.29. The number of H-pyrrole nitrogens is 1. The number of hydrogen-bond donors (Lipinski definition) is 3. The van der Waals surface area contributed by atoms with E-state index in [0.29, 0.717) is 10.2 Å². The lowest BCUT2D eigenvalue weighted by Crippen LogP contribution is -2.09. The number of benzene rings is 1. The zero-order valence-corrected chi connectivity index (χ0v) is 11.8. The molecular weight excluding hydrogens is 284 g/mol. The van der Waals surface area contributed by atoms with Crippen LogP contribution in [0.3, 0.4) is 0 Å². The molecule has 2 rings (SSSR count). The van der Waals surface area contributed by atoms with E-state index in [9.17, 15) is 4.79 Å². The highest BCUT2D eigenvalue weighted by molar-refractivity contribution is 7.99. The summed E-state index contributed by atoms with van der Waals surface area (Å²) in [4.78, 5) is 18.8. The molecular formula is C12H13ClN4OS. The van der Waals surface area contributed by atoms with E-state index in [2.05, 4.69) is 9.97 Å². The number of aromatic amines is 1. The number of nitrogens with zero attached hydrogens (tertiary/aromatic N) is 1. The number of nitrogens with one attached hydrogen (secondary N) is 1. The van der Waals surface area contributed by atoms with Crippen molar-refractivity contribution in [1.82, 2.24) is 9.97 Å². The van der Waals surface area contributed by atoms with Gasteiger partial charge in [-0.3, -0.25) is 4.79 Å². The van der Waals surface area contributed by atoms with E-state index in [0.717, 1.165) is 10.5 Å². The first-order chi connectivity index (χ1) is 8.95. The van der Waals surface area contributed by atoms with Crippen molar-refractivity contribution >= 4 is 29.2 Å². The van der Waals surface area contributed by atoms with E-state index in [1.807, 2.05) is 19.1 Å². The van der Waals surface area contributed by atoms with Gasteiger partial charge in [-0.15, -0.1) is 0 Å². The third-order valence-corrected chi connectivity index (χ3v) is 3.62. The Morgan fingerprint density at radius 3 is 2.74 bits per heavy atom. The number of nitrogens with two attached hydrogens (primary N) is 2. The molecule has 0 aliphatic carbocycles. The second-order valence-corrected chi connectivity index (χ2v) is 5.52. The van der Waals surface area contributed by atoms with Crippen molar-refractivity contribution in [2.45, 2.75) is 23.0 Å². The van der Waals surface area contributed by atoms with Crippen LogP contribution in [-0.2, 0) is 0 Å². The summed E-state index contributed by atoms with van der Waals surface area (Å²) < 4.78 is 0. The topological polar surface area (TPSA) is 97.8 Å². The molecule has 19 heavy (non-hydrogen) atoms. The van der Waals surface area contributed by atoms with Crippen LogP contribution >= 0.6 is 23.4 Å². The van der Waals surface area contributed by atoms with E-state index in [1.165, 1.54) is 17.8 Å². The highest BCUT2D eigenvalue weighted by Gasteiger charge is 2.08. The molecule has 0 aliphatic rings. The van der Waals surface area contributed by atoms with Gasteiger partial charge in [0.1, 0.15) is 5.82 Å². The molecule has 0 fully saturated rings. The van der Waals surface area contributed by atoms with Crippen molar-refractivity contribution in [3.05, 3.63) is 45.2 Å². The number of nitrogen functional groups attached to an aromatic ring is 1. The minimum atomic E-state index is -0.284. The Labute approximate surface area is 119 Å². The lowest BCUT2D eigenvalue weighted by atomic mass is 10.1. The van der Waals surface area contributed by atoms with Crippen molar-refractivity contribution in [2.75, 3.05) is 5.73 Å². The molecule has 5 N–H and O–H groups in total. The zero-order valence-electron chi connectivity index (χ0n) is 10.2. The number of hydrogen-bond acceptors (Lipinski definition) is 5. The first kappa shape index (κ1) is 13.9. The van der Waals surface area contributed by atoms with E-state index < -0.39 is 0 Å². The van der Waals surface area contributed by atoms with Crippen molar-refractivity contribution in [1.29, 1.82) is 0 Å². The van der Waals surface area contributed by atoms with Gasteiger partial charge < -0.3 is 16.5 Å². The van der Waals surface area contributed by atoms with Crippen LogP contribution < -0.4 is 17.0 Å². The highest BCUT2D eigenvalue weighted by Crippen LogP contribution is 2.30. The molecule has 0 spiro atoms. The van der Waals surface area contributed by atoms with Crippen LogP contribution in [0.15, 0.2) is 39.1 Å². The third-order valence-electron chi connectivity index (χ3n) is 2.42. The van der Waals surface area contributed by atoms with E-state index in [-0.39, 0.29) is 17.4 Å². The third kappa shape index (κ3) is 3.50. The van der Waals surface area contributed by atoms with Crippen LogP contribution in [-0.4, -0.2) is 9.97 Å². The first-order valence-corrected chi connectivity index (χ1v) is 6.75. The van der Waals surface area contributed by atoms with Gasteiger partial charge >= 0.3 is 0 Å². The second kappa shape index (κ2) is 5.64. The lowest BCUT2D eigenvalue weighted by molar-refractivity contribution is 0.817. The standard InChI is InChI=1S/C12H13ClN4OS/c1-6(14)8-3-2-7(4-9(8)13)19-12-16-10(15)5-11(18)17-12/h2-6H,14H2,1H3,(H3,15,16,17,18). The first-order valence-electron chi connectivity index (χ1n) is 5.55. The lowest BCUT2D eigenvalue weighted by Gasteiger charge is -2.09. The van der Waals surface area contributed by atoms with Gasteiger partial charge in [0, 0.05) is 22.0 Å². The Bertz CT molecular complexity index is 656. The molecule has 5 nitrogen and oxygen atoms in total. The fourth-order valence-electron chi connectivity index (χ4n) is 1.55. The molecule has 1 atom stereocenters. The van der Waals surface area contributed by atoms with Gasteiger partial charge in [-0.2, -0.15) is 0 Å². The molecule has 0 saturated carbocycles. The van der Waals surface area contributed by atoms with Crippen molar-refractivity contribution in [3.8, 4) is 0 Å². The Hall–Kier alpha value is -1.50. The normalized spacial score (nSPS) is 12.4. The van der Waals surface area contributed by atoms with E-state index in [4.69, 9.17) is 23.1 Å². The molecule has 2 aromatic rings. The average molecular weight is 297 g/mol. The van der Waals surface area contributed by atoms with Crippen LogP contribution in [0.4, 0.5) is 5.82 Å². The SMILES string of the molecule is CC(N)c1ccc(Sc2nc(N)cc(=O)[nH]2)cc1Cl. The minimum absolute atomic E-state index is 0.128. The van der Waals surface area contributed by atoms with Crippen LogP contribution in [0.5, 0.6) is 0 Å². The maximum Gasteiger partial charge on any atom is 0.253 e. The summed E-state index contributed by atoms with van der Waals surface area (Å²) in [7, 11) is 0.